The van der Waals surface area contributed by atoms with E-state index in [2.05, 4.69) is 5.32 Å². The molecular formula is C24H38N4O8. The van der Waals surface area contributed by atoms with E-state index in [0.717, 1.165) is 13.0 Å². The Morgan fingerprint density at radius 1 is 1.00 bits per heavy atom. The molecule has 36 heavy (non-hydrogen) atoms. The van der Waals surface area contributed by atoms with Gasteiger partial charge in [0.1, 0.15) is 36.0 Å². The number of esters is 2. The molecule has 1 saturated heterocycles. The monoisotopic (exact) mass is 510 g/mol. The second-order valence-electron chi connectivity index (χ2n) is 9.10. The van der Waals surface area contributed by atoms with Crippen LogP contribution in [0.2, 0.25) is 0 Å². The molecule has 0 spiro atoms. The fourth-order valence-corrected chi connectivity index (χ4v) is 3.24. The molecule has 1 aromatic rings. The molecule has 1 aliphatic heterocycles. The van der Waals surface area contributed by atoms with Crippen molar-refractivity contribution >= 4 is 23.9 Å². The van der Waals surface area contributed by atoms with Crippen molar-refractivity contribution in [3.8, 4) is 5.75 Å². The molecule has 0 aliphatic carbocycles. The molecule has 1 aromatic carbocycles. The van der Waals surface area contributed by atoms with E-state index in [4.69, 9.17) is 36.9 Å². The van der Waals surface area contributed by atoms with Crippen LogP contribution in [0.25, 0.3) is 0 Å². The molecule has 0 radical (unpaired) electrons. The van der Waals surface area contributed by atoms with E-state index in [0.29, 0.717) is 24.3 Å². The molecule has 0 bridgehead atoms. The lowest BCUT2D eigenvalue weighted by Crippen LogP contribution is -2.47. The fourth-order valence-electron chi connectivity index (χ4n) is 3.24. The van der Waals surface area contributed by atoms with Crippen molar-refractivity contribution in [2.24, 2.45) is 23.1 Å². The molecule has 202 valence electrons. The molecule has 0 unspecified atom stereocenters. The summed E-state index contributed by atoms with van der Waals surface area (Å²) < 4.78 is 10.4. The summed E-state index contributed by atoms with van der Waals surface area (Å²) in [4.78, 5) is 45.0. The van der Waals surface area contributed by atoms with E-state index in [1.807, 2.05) is 13.8 Å². The highest BCUT2D eigenvalue weighted by atomic mass is 16.6. The third kappa shape index (κ3) is 11.1. The van der Waals surface area contributed by atoms with E-state index in [9.17, 15) is 19.2 Å². The number of rotatable bonds is 11. The van der Waals surface area contributed by atoms with Crippen LogP contribution in [-0.2, 0) is 30.3 Å². The third-order valence-electron chi connectivity index (χ3n) is 5.38. The van der Waals surface area contributed by atoms with Crippen LogP contribution < -0.4 is 27.3 Å². The highest BCUT2D eigenvalue weighted by molar-refractivity contribution is 5.80. The Morgan fingerprint density at radius 3 is 2.03 bits per heavy atom. The maximum absolute atomic E-state index is 12.2. The first kappa shape index (κ1) is 31.0. The van der Waals surface area contributed by atoms with Gasteiger partial charge in [-0.1, -0.05) is 26.0 Å². The summed E-state index contributed by atoms with van der Waals surface area (Å²) in [5, 5.41) is 20.1. The number of nitrogens with two attached hydrogens (primary N) is 3. The summed E-state index contributed by atoms with van der Waals surface area (Å²) in [5.41, 5.74) is 17.2. The molecule has 9 N–H and O–H groups in total. The molecule has 1 aliphatic rings. The summed E-state index contributed by atoms with van der Waals surface area (Å²) >= 11 is 0. The number of nitrogens with one attached hydrogen (secondary N) is 1. The molecule has 0 amide bonds. The second kappa shape index (κ2) is 15.1. The number of benzene rings is 1. The SMILES string of the molecule is CC(C)C[C@H](N)C(=O)O.C[C@@H](OC(=O)[C@@H]1CCCN1)[C@H](N)C(=O)Oc1ccc(C[C@H](N)C(=O)O)cc1. The Balaban J connectivity index is 0.000000613. The first-order chi connectivity index (χ1) is 16.8. The highest BCUT2D eigenvalue weighted by Crippen LogP contribution is 2.15. The minimum absolute atomic E-state index is 0.158. The van der Waals surface area contributed by atoms with E-state index in [1.54, 1.807) is 12.1 Å². The van der Waals surface area contributed by atoms with Gasteiger partial charge in [0, 0.05) is 0 Å². The zero-order valence-electron chi connectivity index (χ0n) is 20.9. The van der Waals surface area contributed by atoms with E-state index in [-0.39, 0.29) is 18.2 Å². The third-order valence-corrected chi connectivity index (χ3v) is 5.38. The van der Waals surface area contributed by atoms with Gasteiger partial charge < -0.3 is 42.2 Å². The Morgan fingerprint density at radius 2 is 1.58 bits per heavy atom. The van der Waals surface area contributed by atoms with Gasteiger partial charge in [-0.15, -0.1) is 0 Å². The summed E-state index contributed by atoms with van der Waals surface area (Å²) in [6.07, 6.45) is 1.47. The lowest BCUT2D eigenvalue weighted by atomic mass is 10.1. The lowest BCUT2D eigenvalue weighted by molar-refractivity contribution is -0.154. The van der Waals surface area contributed by atoms with Crippen LogP contribution >= 0.6 is 0 Å². The van der Waals surface area contributed by atoms with Crippen molar-refractivity contribution in [2.45, 2.75) is 76.7 Å². The van der Waals surface area contributed by atoms with E-state index >= 15 is 0 Å². The molecule has 12 nitrogen and oxygen atoms in total. The molecule has 0 aromatic heterocycles. The molecule has 2 rings (SSSR count). The van der Waals surface area contributed by atoms with Gasteiger partial charge in [-0.05, 0) is 62.8 Å². The predicted molar refractivity (Wildman–Crippen MR) is 131 cm³/mol. The summed E-state index contributed by atoms with van der Waals surface area (Å²) in [5.74, 6) is -2.56. The summed E-state index contributed by atoms with van der Waals surface area (Å²) in [6, 6.07) is 3.09. The molecule has 1 fully saturated rings. The standard InChI is InChI=1S/C18H25N3O6.C6H13NO2/c1-10(26-17(24)14-3-2-8-21-14)15(20)18(25)27-12-6-4-11(5-7-12)9-13(19)16(22)23;1-4(2)3-5(7)6(8)9/h4-7,10,13-15,21H,2-3,8-9,19-20H2,1H3,(H,22,23);4-5H,3,7H2,1-2H3,(H,8,9)/t10-,13+,14+,15+;5-/m10/s1. The van der Waals surface area contributed by atoms with E-state index < -0.39 is 48.1 Å². The average molecular weight is 511 g/mol. The summed E-state index contributed by atoms with van der Waals surface area (Å²) in [7, 11) is 0. The van der Waals surface area contributed by atoms with Crippen LogP contribution in [0.1, 0.15) is 45.6 Å². The first-order valence-corrected chi connectivity index (χ1v) is 11.8. The van der Waals surface area contributed by atoms with Crippen LogP contribution in [0.3, 0.4) is 0 Å². The van der Waals surface area contributed by atoms with Crippen LogP contribution in [0, 0.1) is 5.92 Å². The number of hydrogen-bond acceptors (Lipinski definition) is 10. The van der Waals surface area contributed by atoms with Gasteiger partial charge in [0.25, 0.3) is 0 Å². The zero-order valence-corrected chi connectivity index (χ0v) is 20.9. The number of carboxylic acids is 2. The number of ether oxygens (including phenoxy) is 2. The van der Waals surface area contributed by atoms with Crippen LogP contribution in [0.15, 0.2) is 24.3 Å². The second-order valence-corrected chi connectivity index (χ2v) is 9.10. The number of carbonyl (C=O) groups is 4. The Bertz CT molecular complexity index is 871. The van der Waals surface area contributed by atoms with Gasteiger partial charge in [0.2, 0.25) is 0 Å². The fraction of sp³-hybridized carbons (Fsp3) is 0.583. The highest BCUT2D eigenvalue weighted by Gasteiger charge is 2.30. The normalized spacial score (nSPS) is 18.2. The Kier molecular flexibility index (Phi) is 13.0. The lowest BCUT2D eigenvalue weighted by Gasteiger charge is -2.21. The van der Waals surface area contributed by atoms with Crippen molar-refractivity contribution in [2.75, 3.05) is 6.54 Å². The minimum Gasteiger partial charge on any atom is -0.480 e. The van der Waals surface area contributed by atoms with Crippen molar-refractivity contribution < 1.29 is 38.9 Å². The van der Waals surface area contributed by atoms with Gasteiger partial charge >= 0.3 is 23.9 Å². The van der Waals surface area contributed by atoms with Crippen molar-refractivity contribution in [1.29, 1.82) is 0 Å². The minimum atomic E-state index is -1.13. The number of carboxylic acid groups (broad SMARTS) is 2. The largest absolute Gasteiger partial charge is 0.480 e. The van der Waals surface area contributed by atoms with Crippen molar-refractivity contribution in [1.82, 2.24) is 5.32 Å². The molecule has 1 heterocycles. The van der Waals surface area contributed by atoms with Gasteiger partial charge in [0.05, 0.1) is 0 Å². The summed E-state index contributed by atoms with van der Waals surface area (Å²) in [6.45, 7) is 6.19. The number of carbonyl (C=O) groups excluding carboxylic acids is 2. The van der Waals surface area contributed by atoms with Gasteiger partial charge in [0.15, 0.2) is 0 Å². The Hall–Kier alpha value is -3.06. The molecule has 12 heteroatoms. The van der Waals surface area contributed by atoms with Gasteiger partial charge in [-0.25, -0.2) is 4.79 Å². The zero-order chi connectivity index (χ0) is 27.4. The van der Waals surface area contributed by atoms with Crippen LogP contribution in [0.5, 0.6) is 5.75 Å². The predicted octanol–water partition coefficient (Wildman–Crippen LogP) is 0.00180. The van der Waals surface area contributed by atoms with Crippen LogP contribution in [-0.4, -0.2) is 70.9 Å². The number of hydrogen-bond donors (Lipinski definition) is 6. The smallest absolute Gasteiger partial charge is 0.332 e. The topological polar surface area (TPSA) is 217 Å². The molecule has 0 saturated carbocycles. The van der Waals surface area contributed by atoms with Crippen molar-refractivity contribution in [3.05, 3.63) is 29.8 Å². The van der Waals surface area contributed by atoms with Gasteiger partial charge in [-0.3, -0.25) is 14.4 Å². The van der Waals surface area contributed by atoms with E-state index in [1.165, 1.54) is 19.1 Å². The van der Waals surface area contributed by atoms with Gasteiger partial charge in [-0.2, -0.15) is 0 Å². The maximum atomic E-state index is 12.2. The quantitative estimate of drug-likeness (QED) is 0.171. The van der Waals surface area contributed by atoms with Crippen molar-refractivity contribution in [3.63, 3.8) is 0 Å². The maximum Gasteiger partial charge on any atom is 0.332 e. The average Bonchev–Trinajstić information content (AvgIpc) is 3.34. The first-order valence-electron chi connectivity index (χ1n) is 11.8. The molecular weight excluding hydrogens is 472 g/mol. The molecule has 5 atom stereocenters. The number of aliphatic carboxylic acids is 2. The Labute approximate surface area is 210 Å². The van der Waals surface area contributed by atoms with Crippen LogP contribution in [0.4, 0.5) is 0 Å².